The molecular weight excluding hydrogens is 262 g/mol. The lowest BCUT2D eigenvalue weighted by molar-refractivity contribution is 0.0557. The molecule has 1 aromatic rings. The van der Waals surface area contributed by atoms with Gasteiger partial charge in [0.15, 0.2) is 0 Å². The van der Waals surface area contributed by atoms with Crippen molar-refractivity contribution in [3.63, 3.8) is 0 Å². The topological polar surface area (TPSA) is 58.4 Å². The molecule has 0 atom stereocenters. The number of carbonyl (C=O) groups is 1. The average Bonchev–Trinajstić information content (AvgIpc) is 2.30. The van der Waals surface area contributed by atoms with E-state index in [1.807, 2.05) is 0 Å². The molecule has 0 spiro atoms. The van der Waals surface area contributed by atoms with E-state index >= 15 is 0 Å². The maximum absolute atomic E-state index is 12.2. The number of nitrogen functional groups attached to an aromatic ring is 1. The summed E-state index contributed by atoms with van der Waals surface area (Å²) in [5.74, 6) is -0.162. The zero-order chi connectivity index (χ0) is 14.0. The van der Waals surface area contributed by atoms with Crippen molar-refractivity contribution < 1.29 is 4.79 Å². The van der Waals surface area contributed by atoms with Crippen molar-refractivity contribution in [3.8, 4) is 0 Å². The zero-order valence-electron chi connectivity index (χ0n) is 11.4. The fraction of sp³-hybridized carbons (Fsp3) is 0.500. The first-order chi connectivity index (χ1) is 8.94. The van der Waals surface area contributed by atoms with E-state index in [9.17, 15) is 4.79 Å². The number of hydrogen-bond donors (Lipinski definition) is 2. The molecule has 2 rings (SSSR count). The second kappa shape index (κ2) is 5.39. The summed E-state index contributed by atoms with van der Waals surface area (Å²) < 4.78 is 0. The smallest absolute Gasteiger partial charge is 0.252 e. The lowest BCUT2D eigenvalue weighted by Gasteiger charge is -2.47. The number of nitrogens with two attached hydrogens (primary N) is 1. The second-order valence-electron chi connectivity index (χ2n) is 5.39. The molecule has 1 amide bonds. The number of hydrogen-bond acceptors (Lipinski definition) is 3. The minimum absolute atomic E-state index is 0.0997. The van der Waals surface area contributed by atoms with Gasteiger partial charge in [0.25, 0.3) is 5.91 Å². The monoisotopic (exact) mass is 281 g/mol. The summed E-state index contributed by atoms with van der Waals surface area (Å²) >= 11 is 6.02. The van der Waals surface area contributed by atoms with Crippen LogP contribution in [-0.4, -0.2) is 37.0 Å². The molecule has 1 fully saturated rings. The minimum atomic E-state index is -0.162. The number of carbonyl (C=O) groups excluding carboxylic acids is 1. The molecule has 3 N–H and O–H groups in total. The van der Waals surface area contributed by atoms with Crippen LogP contribution in [0.4, 0.5) is 5.69 Å². The largest absolute Gasteiger partial charge is 0.399 e. The summed E-state index contributed by atoms with van der Waals surface area (Å²) in [6, 6.07) is 4.95. The van der Waals surface area contributed by atoms with Gasteiger partial charge in [-0.05, 0) is 51.6 Å². The highest BCUT2D eigenvalue weighted by atomic mass is 35.5. The molecule has 1 aliphatic carbocycles. The van der Waals surface area contributed by atoms with Gasteiger partial charge in [-0.1, -0.05) is 11.6 Å². The van der Waals surface area contributed by atoms with Crippen LogP contribution in [0.5, 0.6) is 0 Å². The van der Waals surface area contributed by atoms with Gasteiger partial charge in [0.05, 0.1) is 10.6 Å². The molecule has 0 heterocycles. The van der Waals surface area contributed by atoms with Crippen LogP contribution in [-0.2, 0) is 0 Å². The molecule has 19 heavy (non-hydrogen) atoms. The summed E-state index contributed by atoms with van der Waals surface area (Å²) in [5, 5.41) is 3.40. The van der Waals surface area contributed by atoms with Crippen molar-refractivity contribution in [3.05, 3.63) is 28.8 Å². The normalized spacial score (nSPS) is 17.1. The lowest BCUT2D eigenvalue weighted by Crippen LogP contribution is -2.57. The van der Waals surface area contributed by atoms with Crippen molar-refractivity contribution in [2.75, 3.05) is 26.4 Å². The van der Waals surface area contributed by atoms with Crippen LogP contribution < -0.4 is 11.1 Å². The van der Waals surface area contributed by atoms with Gasteiger partial charge in [0.2, 0.25) is 0 Å². The number of likely N-dealkylation sites (N-methyl/N-ethyl adjacent to an activating group) is 1. The summed E-state index contributed by atoms with van der Waals surface area (Å²) in [4.78, 5) is 14.3. The highest BCUT2D eigenvalue weighted by Gasteiger charge is 2.39. The molecule has 0 bridgehead atoms. The Hall–Kier alpha value is -1.26. The average molecular weight is 282 g/mol. The molecule has 0 aliphatic heterocycles. The number of halogens is 1. The number of amides is 1. The summed E-state index contributed by atoms with van der Waals surface area (Å²) in [5.41, 5.74) is 6.77. The fourth-order valence-corrected chi connectivity index (χ4v) is 2.63. The fourth-order valence-electron chi connectivity index (χ4n) is 2.42. The van der Waals surface area contributed by atoms with E-state index in [4.69, 9.17) is 17.3 Å². The number of rotatable bonds is 4. The summed E-state index contributed by atoms with van der Waals surface area (Å²) in [7, 11) is 4.11. The second-order valence-corrected chi connectivity index (χ2v) is 5.80. The van der Waals surface area contributed by atoms with Gasteiger partial charge in [-0.25, -0.2) is 0 Å². The van der Waals surface area contributed by atoms with Crippen LogP contribution >= 0.6 is 11.6 Å². The maximum Gasteiger partial charge on any atom is 0.252 e. The molecule has 0 radical (unpaired) electrons. The minimum Gasteiger partial charge on any atom is -0.399 e. The van der Waals surface area contributed by atoms with E-state index < -0.39 is 0 Å². The van der Waals surface area contributed by atoms with Crippen LogP contribution in [0.15, 0.2) is 18.2 Å². The van der Waals surface area contributed by atoms with E-state index in [1.165, 1.54) is 6.42 Å². The molecule has 1 aromatic carbocycles. The first-order valence-electron chi connectivity index (χ1n) is 6.45. The Morgan fingerprint density at radius 3 is 2.68 bits per heavy atom. The number of anilines is 1. The van der Waals surface area contributed by atoms with Crippen molar-refractivity contribution in [1.82, 2.24) is 10.2 Å². The lowest BCUT2D eigenvalue weighted by atomic mass is 9.75. The molecule has 0 saturated heterocycles. The van der Waals surface area contributed by atoms with Gasteiger partial charge >= 0.3 is 0 Å². The first kappa shape index (κ1) is 14.2. The number of benzene rings is 1. The third-order valence-electron chi connectivity index (χ3n) is 4.05. The van der Waals surface area contributed by atoms with Crippen LogP contribution in [0.3, 0.4) is 0 Å². The first-order valence-corrected chi connectivity index (χ1v) is 6.83. The van der Waals surface area contributed by atoms with Crippen molar-refractivity contribution in [2.45, 2.75) is 24.8 Å². The molecule has 0 unspecified atom stereocenters. The van der Waals surface area contributed by atoms with Crippen molar-refractivity contribution in [1.29, 1.82) is 0 Å². The third-order valence-corrected chi connectivity index (χ3v) is 4.38. The number of nitrogens with zero attached hydrogens (tertiary/aromatic N) is 1. The zero-order valence-corrected chi connectivity index (χ0v) is 12.1. The molecule has 0 aromatic heterocycles. The molecule has 4 nitrogen and oxygen atoms in total. The Balaban J connectivity index is 2.03. The van der Waals surface area contributed by atoms with Crippen LogP contribution in [0.25, 0.3) is 0 Å². The number of nitrogens with one attached hydrogen (secondary N) is 1. The Bertz CT molecular complexity index is 484. The van der Waals surface area contributed by atoms with Crippen LogP contribution in [0.2, 0.25) is 5.02 Å². The summed E-state index contributed by atoms with van der Waals surface area (Å²) in [6.07, 6.45) is 3.45. The van der Waals surface area contributed by atoms with Gasteiger partial charge in [-0.2, -0.15) is 0 Å². The van der Waals surface area contributed by atoms with Gasteiger partial charge in [-0.3, -0.25) is 4.79 Å². The standard InChI is InChI=1S/C14H20ClN3O/c1-18(2)14(6-3-7-14)9-17-13(19)11-8-10(16)4-5-12(11)15/h4-5,8H,3,6-7,9,16H2,1-2H3,(H,17,19). The van der Waals surface area contributed by atoms with Gasteiger partial charge < -0.3 is 16.0 Å². The molecule has 1 saturated carbocycles. The Labute approximate surface area is 118 Å². The van der Waals surface area contributed by atoms with Crippen molar-refractivity contribution >= 4 is 23.2 Å². The van der Waals surface area contributed by atoms with E-state index in [1.54, 1.807) is 18.2 Å². The van der Waals surface area contributed by atoms with Crippen LogP contribution in [0.1, 0.15) is 29.6 Å². The predicted octanol–water partition coefficient (Wildman–Crippen LogP) is 2.14. The van der Waals surface area contributed by atoms with E-state index in [2.05, 4.69) is 24.3 Å². The molecule has 5 heteroatoms. The third kappa shape index (κ3) is 2.85. The Morgan fingerprint density at radius 2 is 2.16 bits per heavy atom. The van der Waals surface area contributed by atoms with E-state index in [0.29, 0.717) is 22.8 Å². The van der Waals surface area contributed by atoms with E-state index in [0.717, 1.165) is 12.8 Å². The predicted molar refractivity (Wildman–Crippen MR) is 78.5 cm³/mol. The molecule has 104 valence electrons. The van der Waals surface area contributed by atoms with Crippen molar-refractivity contribution in [2.24, 2.45) is 0 Å². The highest BCUT2D eigenvalue weighted by Crippen LogP contribution is 2.35. The van der Waals surface area contributed by atoms with Crippen LogP contribution in [0, 0.1) is 0 Å². The highest BCUT2D eigenvalue weighted by molar-refractivity contribution is 6.34. The van der Waals surface area contributed by atoms with E-state index in [-0.39, 0.29) is 11.4 Å². The Morgan fingerprint density at radius 1 is 1.47 bits per heavy atom. The quantitative estimate of drug-likeness (QED) is 0.832. The van der Waals surface area contributed by atoms with Gasteiger partial charge in [0.1, 0.15) is 0 Å². The SMILES string of the molecule is CN(C)C1(CNC(=O)c2cc(N)ccc2Cl)CCC1. The van der Waals surface area contributed by atoms with Gasteiger partial charge in [-0.15, -0.1) is 0 Å². The van der Waals surface area contributed by atoms with Gasteiger partial charge in [0, 0.05) is 17.8 Å². The maximum atomic E-state index is 12.2. The Kier molecular flexibility index (Phi) is 4.02. The molecular formula is C14H20ClN3O. The molecule has 1 aliphatic rings. The summed E-state index contributed by atoms with van der Waals surface area (Å²) in [6.45, 7) is 0.643.